The number of nitrogens with one attached hydrogen (secondary N) is 1. The molecule has 0 aliphatic heterocycles. The van der Waals surface area contributed by atoms with Crippen molar-refractivity contribution in [2.24, 2.45) is 11.8 Å². The van der Waals surface area contributed by atoms with Crippen LogP contribution in [0, 0.1) is 11.8 Å². The highest BCUT2D eigenvalue weighted by molar-refractivity contribution is 5.76. The Morgan fingerprint density at radius 1 is 1.06 bits per heavy atom. The number of aliphatic carboxylic acids is 1. The summed E-state index contributed by atoms with van der Waals surface area (Å²) in [6.45, 7) is 0. The van der Waals surface area contributed by atoms with Crippen molar-refractivity contribution < 1.29 is 14.7 Å². The largest absolute Gasteiger partial charge is 0.481 e. The lowest BCUT2D eigenvalue weighted by atomic mass is 9.82. The molecule has 0 aromatic rings. The third kappa shape index (κ3) is 3.45. The molecule has 4 nitrogen and oxygen atoms in total. The maximum Gasteiger partial charge on any atom is 0.306 e. The van der Waals surface area contributed by atoms with Crippen LogP contribution in [0.3, 0.4) is 0 Å². The van der Waals surface area contributed by atoms with Gasteiger partial charge in [0.15, 0.2) is 0 Å². The molecule has 0 heterocycles. The average Bonchev–Trinajstić information content (AvgIpc) is 2.24. The van der Waals surface area contributed by atoms with E-state index in [-0.39, 0.29) is 17.9 Å². The van der Waals surface area contributed by atoms with Gasteiger partial charge in [0.1, 0.15) is 0 Å². The molecule has 96 valence electrons. The number of carboxylic acids is 1. The fraction of sp³-hybridized carbons (Fsp3) is 0.846. The molecule has 2 aliphatic carbocycles. The molecule has 17 heavy (non-hydrogen) atoms. The summed E-state index contributed by atoms with van der Waals surface area (Å²) < 4.78 is 0. The van der Waals surface area contributed by atoms with Gasteiger partial charge in [-0.2, -0.15) is 0 Å². The van der Waals surface area contributed by atoms with E-state index in [2.05, 4.69) is 5.32 Å². The average molecular weight is 239 g/mol. The summed E-state index contributed by atoms with van der Waals surface area (Å²) in [4.78, 5) is 22.5. The van der Waals surface area contributed by atoms with Crippen molar-refractivity contribution in [2.75, 3.05) is 0 Å². The van der Waals surface area contributed by atoms with Gasteiger partial charge in [-0.25, -0.2) is 0 Å². The lowest BCUT2D eigenvalue weighted by Gasteiger charge is -2.29. The summed E-state index contributed by atoms with van der Waals surface area (Å²) >= 11 is 0. The molecule has 0 radical (unpaired) electrons. The lowest BCUT2D eigenvalue weighted by molar-refractivity contribution is -0.142. The Bertz CT molecular complexity index is 291. The zero-order valence-electron chi connectivity index (χ0n) is 10.2. The standard InChI is InChI=1S/C13H21NO3/c15-12(8-9-2-1-3-9)14-11-6-4-10(5-7-11)13(16)17/h9-11H,1-8H2,(H,14,15)(H,16,17). The zero-order chi connectivity index (χ0) is 12.3. The predicted molar refractivity (Wildman–Crippen MR) is 63.5 cm³/mol. The second-order valence-electron chi connectivity index (χ2n) is 5.46. The molecule has 2 aliphatic rings. The van der Waals surface area contributed by atoms with Crippen LogP contribution in [0.25, 0.3) is 0 Å². The molecule has 0 unspecified atom stereocenters. The molecule has 0 aromatic carbocycles. The number of amides is 1. The summed E-state index contributed by atoms with van der Waals surface area (Å²) in [5.74, 6) is -0.127. The SMILES string of the molecule is O=C(CC1CCC1)NC1CCC(C(=O)O)CC1. The van der Waals surface area contributed by atoms with Gasteiger partial charge < -0.3 is 10.4 Å². The molecular formula is C13H21NO3. The van der Waals surface area contributed by atoms with Crippen LogP contribution >= 0.6 is 0 Å². The topological polar surface area (TPSA) is 66.4 Å². The van der Waals surface area contributed by atoms with Gasteiger partial charge in [0.25, 0.3) is 0 Å². The van der Waals surface area contributed by atoms with E-state index in [0.29, 0.717) is 25.2 Å². The Morgan fingerprint density at radius 3 is 2.18 bits per heavy atom. The van der Waals surface area contributed by atoms with Crippen LogP contribution in [0.1, 0.15) is 51.4 Å². The van der Waals surface area contributed by atoms with Crippen molar-refractivity contribution >= 4 is 11.9 Å². The highest BCUT2D eigenvalue weighted by atomic mass is 16.4. The molecule has 2 rings (SSSR count). The second-order valence-corrected chi connectivity index (χ2v) is 5.46. The molecule has 0 saturated heterocycles. The normalized spacial score (nSPS) is 29.4. The summed E-state index contributed by atoms with van der Waals surface area (Å²) in [6.07, 6.45) is 7.34. The fourth-order valence-corrected chi connectivity index (χ4v) is 2.73. The first-order chi connectivity index (χ1) is 8.15. The second kappa shape index (κ2) is 5.52. The van der Waals surface area contributed by atoms with Gasteiger partial charge in [-0.15, -0.1) is 0 Å². The van der Waals surface area contributed by atoms with Crippen LogP contribution in [0.5, 0.6) is 0 Å². The molecule has 0 atom stereocenters. The number of carbonyl (C=O) groups excluding carboxylic acids is 1. The summed E-state index contributed by atoms with van der Waals surface area (Å²) in [5.41, 5.74) is 0. The summed E-state index contributed by atoms with van der Waals surface area (Å²) in [5, 5.41) is 11.9. The van der Waals surface area contributed by atoms with Gasteiger partial charge in [-0.3, -0.25) is 9.59 Å². The molecule has 4 heteroatoms. The van der Waals surface area contributed by atoms with E-state index in [1.54, 1.807) is 0 Å². The van der Waals surface area contributed by atoms with E-state index in [1.165, 1.54) is 19.3 Å². The summed E-state index contributed by atoms with van der Waals surface area (Å²) in [7, 11) is 0. The molecule has 0 bridgehead atoms. The number of carboxylic acid groups (broad SMARTS) is 1. The van der Waals surface area contributed by atoms with Gasteiger partial charge in [0, 0.05) is 12.5 Å². The Balaban J connectivity index is 1.66. The van der Waals surface area contributed by atoms with E-state index in [4.69, 9.17) is 5.11 Å². The third-order valence-corrected chi connectivity index (χ3v) is 4.14. The maximum absolute atomic E-state index is 11.7. The molecule has 2 fully saturated rings. The smallest absolute Gasteiger partial charge is 0.306 e. The van der Waals surface area contributed by atoms with Crippen molar-refractivity contribution in [3.63, 3.8) is 0 Å². The first-order valence-electron chi connectivity index (χ1n) is 6.67. The van der Waals surface area contributed by atoms with Crippen LogP contribution in [0.4, 0.5) is 0 Å². The van der Waals surface area contributed by atoms with E-state index < -0.39 is 5.97 Å². The maximum atomic E-state index is 11.7. The van der Waals surface area contributed by atoms with Gasteiger partial charge in [0.05, 0.1) is 5.92 Å². The van der Waals surface area contributed by atoms with Crippen molar-refractivity contribution in [1.29, 1.82) is 0 Å². The summed E-state index contributed by atoms with van der Waals surface area (Å²) in [6, 6.07) is 0.207. The van der Waals surface area contributed by atoms with E-state index >= 15 is 0 Å². The molecule has 1 amide bonds. The van der Waals surface area contributed by atoms with Gasteiger partial charge in [0.2, 0.25) is 5.91 Å². The Morgan fingerprint density at radius 2 is 1.71 bits per heavy atom. The zero-order valence-corrected chi connectivity index (χ0v) is 10.2. The van der Waals surface area contributed by atoms with Crippen LogP contribution in [0.2, 0.25) is 0 Å². The third-order valence-electron chi connectivity index (χ3n) is 4.14. The molecule has 2 saturated carbocycles. The number of rotatable bonds is 4. The first-order valence-corrected chi connectivity index (χ1v) is 6.67. The highest BCUT2D eigenvalue weighted by Gasteiger charge is 2.27. The Kier molecular flexibility index (Phi) is 4.02. The van der Waals surface area contributed by atoms with Crippen LogP contribution < -0.4 is 5.32 Å². The van der Waals surface area contributed by atoms with Crippen LogP contribution in [-0.4, -0.2) is 23.0 Å². The quantitative estimate of drug-likeness (QED) is 0.787. The van der Waals surface area contributed by atoms with E-state index in [9.17, 15) is 9.59 Å². The monoisotopic (exact) mass is 239 g/mol. The minimum absolute atomic E-state index is 0.161. The molecule has 0 spiro atoms. The van der Waals surface area contributed by atoms with Crippen molar-refractivity contribution in [3.05, 3.63) is 0 Å². The van der Waals surface area contributed by atoms with Crippen molar-refractivity contribution in [1.82, 2.24) is 5.32 Å². The number of carbonyl (C=O) groups is 2. The minimum atomic E-state index is -0.691. The van der Waals surface area contributed by atoms with Gasteiger partial charge >= 0.3 is 5.97 Å². The van der Waals surface area contributed by atoms with Crippen LogP contribution in [0.15, 0.2) is 0 Å². The fourth-order valence-electron chi connectivity index (χ4n) is 2.73. The van der Waals surface area contributed by atoms with Gasteiger partial charge in [-0.1, -0.05) is 6.42 Å². The van der Waals surface area contributed by atoms with Crippen molar-refractivity contribution in [2.45, 2.75) is 57.4 Å². The lowest BCUT2D eigenvalue weighted by Crippen LogP contribution is -2.39. The van der Waals surface area contributed by atoms with Crippen LogP contribution in [-0.2, 0) is 9.59 Å². The number of hydrogen-bond acceptors (Lipinski definition) is 2. The molecule has 0 aromatic heterocycles. The number of hydrogen-bond donors (Lipinski definition) is 2. The van der Waals surface area contributed by atoms with E-state index in [0.717, 1.165) is 12.8 Å². The van der Waals surface area contributed by atoms with E-state index in [1.807, 2.05) is 0 Å². The molecule has 2 N–H and O–H groups in total. The van der Waals surface area contributed by atoms with Crippen molar-refractivity contribution in [3.8, 4) is 0 Å². The minimum Gasteiger partial charge on any atom is -0.481 e. The Hall–Kier alpha value is -1.06. The highest BCUT2D eigenvalue weighted by Crippen LogP contribution is 2.29. The first kappa shape index (κ1) is 12.4. The predicted octanol–water partition coefficient (Wildman–Crippen LogP) is 1.94. The van der Waals surface area contributed by atoms with Gasteiger partial charge in [-0.05, 0) is 44.4 Å². The molecular weight excluding hydrogens is 218 g/mol. The Labute approximate surface area is 102 Å².